The molecule has 0 bridgehead atoms. The van der Waals surface area contributed by atoms with Gasteiger partial charge in [-0.15, -0.1) is 0 Å². The number of carbonyl (C=O) groups is 2. The van der Waals surface area contributed by atoms with E-state index >= 15 is 0 Å². The fraction of sp³-hybridized carbons (Fsp3) is 0.529. The fourth-order valence-electron chi connectivity index (χ4n) is 2.00. The maximum atomic E-state index is 12.1. The monoisotopic (exact) mass is 290 g/mol. The van der Waals surface area contributed by atoms with E-state index in [9.17, 15) is 9.59 Å². The number of rotatable bonds is 6. The third-order valence-corrected chi connectivity index (χ3v) is 3.42. The fourth-order valence-corrected chi connectivity index (χ4v) is 2.00. The standard InChI is InChI=1S/C17H26N2O2/c1-12(2)8-9-19(15(5)20)11-17(21)18-16-10-13(3)6-7-14(16)4/h6-7,10,12H,8-9,11H2,1-5H3,(H,18,21). The lowest BCUT2D eigenvalue weighted by molar-refractivity contribution is -0.132. The average molecular weight is 290 g/mol. The van der Waals surface area contributed by atoms with Crippen molar-refractivity contribution in [2.45, 2.75) is 41.0 Å². The van der Waals surface area contributed by atoms with Gasteiger partial charge in [0.25, 0.3) is 0 Å². The van der Waals surface area contributed by atoms with E-state index in [1.807, 2.05) is 32.0 Å². The Morgan fingerprint density at radius 3 is 2.48 bits per heavy atom. The number of amides is 2. The molecule has 0 aliphatic carbocycles. The molecule has 21 heavy (non-hydrogen) atoms. The summed E-state index contributed by atoms with van der Waals surface area (Å²) in [6, 6.07) is 5.93. The molecule has 0 heterocycles. The number of nitrogens with one attached hydrogen (secondary N) is 1. The molecule has 0 saturated heterocycles. The first-order valence-electron chi connectivity index (χ1n) is 7.42. The second-order valence-corrected chi connectivity index (χ2v) is 5.99. The molecule has 0 spiro atoms. The van der Waals surface area contributed by atoms with Gasteiger partial charge in [-0.05, 0) is 43.4 Å². The first-order chi connectivity index (χ1) is 9.79. The Bertz CT molecular complexity index is 510. The predicted molar refractivity (Wildman–Crippen MR) is 86.3 cm³/mol. The molecule has 4 nitrogen and oxygen atoms in total. The van der Waals surface area contributed by atoms with Gasteiger partial charge >= 0.3 is 0 Å². The zero-order chi connectivity index (χ0) is 16.0. The molecule has 0 atom stereocenters. The molecule has 1 aromatic carbocycles. The van der Waals surface area contributed by atoms with E-state index in [0.29, 0.717) is 12.5 Å². The van der Waals surface area contributed by atoms with Crippen molar-refractivity contribution >= 4 is 17.5 Å². The number of benzene rings is 1. The number of hydrogen-bond acceptors (Lipinski definition) is 2. The molecule has 0 aliphatic rings. The lowest BCUT2D eigenvalue weighted by Gasteiger charge is -2.21. The van der Waals surface area contributed by atoms with Gasteiger partial charge in [-0.25, -0.2) is 0 Å². The number of nitrogens with zero attached hydrogens (tertiary/aromatic N) is 1. The highest BCUT2D eigenvalue weighted by Crippen LogP contribution is 2.16. The summed E-state index contributed by atoms with van der Waals surface area (Å²) in [7, 11) is 0. The summed E-state index contributed by atoms with van der Waals surface area (Å²) in [4.78, 5) is 25.3. The molecule has 1 N–H and O–H groups in total. The topological polar surface area (TPSA) is 49.4 Å². The smallest absolute Gasteiger partial charge is 0.244 e. The van der Waals surface area contributed by atoms with Gasteiger partial charge in [-0.1, -0.05) is 26.0 Å². The Labute approximate surface area is 127 Å². The molecule has 0 saturated carbocycles. The first kappa shape index (κ1) is 17.2. The summed E-state index contributed by atoms with van der Waals surface area (Å²) in [5.74, 6) is 0.295. The molecule has 0 aliphatic heterocycles. The summed E-state index contributed by atoms with van der Waals surface area (Å²) < 4.78 is 0. The van der Waals surface area contributed by atoms with Crippen LogP contribution in [0, 0.1) is 19.8 Å². The third kappa shape index (κ3) is 5.98. The molecule has 0 unspecified atom stereocenters. The van der Waals surface area contributed by atoms with Gasteiger partial charge in [0, 0.05) is 19.2 Å². The van der Waals surface area contributed by atoms with Crippen LogP contribution in [0.15, 0.2) is 18.2 Å². The van der Waals surface area contributed by atoms with Crippen molar-refractivity contribution in [3.8, 4) is 0 Å². The normalized spacial score (nSPS) is 10.6. The van der Waals surface area contributed by atoms with Gasteiger partial charge in [0.05, 0.1) is 6.54 Å². The van der Waals surface area contributed by atoms with Gasteiger partial charge in [0.2, 0.25) is 11.8 Å². The summed E-state index contributed by atoms with van der Waals surface area (Å²) in [6.45, 7) is 10.4. The van der Waals surface area contributed by atoms with Crippen molar-refractivity contribution in [3.63, 3.8) is 0 Å². The van der Waals surface area contributed by atoms with Crippen LogP contribution in [0.2, 0.25) is 0 Å². The van der Waals surface area contributed by atoms with E-state index in [4.69, 9.17) is 0 Å². The highest BCUT2D eigenvalue weighted by Gasteiger charge is 2.14. The Hall–Kier alpha value is -1.84. The Morgan fingerprint density at radius 1 is 1.24 bits per heavy atom. The molecule has 2 amide bonds. The second kappa shape index (κ2) is 7.81. The summed E-state index contributed by atoms with van der Waals surface area (Å²) in [5.41, 5.74) is 2.93. The van der Waals surface area contributed by atoms with E-state index in [0.717, 1.165) is 23.2 Å². The minimum absolute atomic E-state index is 0.0632. The lowest BCUT2D eigenvalue weighted by atomic mass is 10.1. The number of hydrogen-bond donors (Lipinski definition) is 1. The Morgan fingerprint density at radius 2 is 1.90 bits per heavy atom. The summed E-state index contributed by atoms with van der Waals surface area (Å²) >= 11 is 0. The summed E-state index contributed by atoms with van der Waals surface area (Å²) in [5, 5.41) is 2.89. The Balaban J connectivity index is 2.65. The van der Waals surface area contributed by atoms with E-state index in [1.165, 1.54) is 6.92 Å². The van der Waals surface area contributed by atoms with E-state index in [-0.39, 0.29) is 18.4 Å². The quantitative estimate of drug-likeness (QED) is 0.875. The maximum absolute atomic E-state index is 12.1. The minimum Gasteiger partial charge on any atom is -0.334 e. The Kier molecular flexibility index (Phi) is 6.40. The van der Waals surface area contributed by atoms with Crippen molar-refractivity contribution in [2.75, 3.05) is 18.4 Å². The van der Waals surface area contributed by atoms with Gasteiger partial charge < -0.3 is 10.2 Å². The highest BCUT2D eigenvalue weighted by atomic mass is 16.2. The predicted octanol–water partition coefficient (Wildman–Crippen LogP) is 3.14. The minimum atomic E-state index is -0.150. The lowest BCUT2D eigenvalue weighted by Crippen LogP contribution is -2.37. The molecule has 0 radical (unpaired) electrons. The summed E-state index contributed by atoms with van der Waals surface area (Å²) in [6.07, 6.45) is 0.899. The molecule has 4 heteroatoms. The molecular weight excluding hydrogens is 264 g/mol. The van der Waals surface area contributed by atoms with E-state index in [2.05, 4.69) is 19.2 Å². The van der Waals surface area contributed by atoms with Crippen LogP contribution in [0.1, 0.15) is 38.3 Å². The highest BCUT2D eigenvalue weighted by molar-refractivity contribution is 5.94. The molecular formula is C17H26N2O2. The van der Waals surface area contributed by atoms with Gasteiger partial charge in [0.15, 0.2) is 0 Å². The van der Waals surface area contributed by atoms with Crippen molar-refractivity contribution < 1.29 is 9.59 Å². The van der Waals surface area contributed by atoms with Crippen LogP contribution in [-0.4, -0.2) is 29.8 Å². The van der Waals surface area contributed by atoms with Gasteiger partial charge in [-0.2, -0.15) is 0 Å². The zero-order valence-corrected chi connectivity index (χ0v) is 13.7. The molecule has 0 fully saturated rings. The molecule has 1 aromatic rings. The number of carbonyl (C=O) groups excluding carboxylic acids is 2. The van der Waals surface area contributed by atoms with E-state index < -0.39 is 0 Å². The van der Waals surface area contributed by atoms with Crippen LogP contribution >= 0.6 is 0 Å². The molecule has 116 valence electrons. The van der Waals surface area contributed by atoms with Crippen LogP contribution in [0.4, 0.5) is 5.69 Å². The first-order valence-corrected chi connectivity index (χ1v) is 7.42. The van der Waals surface area contributed by atoms with Gasteiger partial charge in [0.1, 0.15) is 0 Å². The van der Waals surface area contributed by atoms with Crippen LogP contribution in [0.3, 0.4) is 0 Å². The average Bonchev–Trinajstić information content (AvgIpc) is 2.38. The molecule has 0 aromatic heterocycles. The van der Waals surface area contributed by atoms with Crippen molar-refractivity contribution in [2.24, 2.45) is 5.92 Å². The maximum Gasteiger partial charge on any atom is 0.244 e. The van der Waals surface area contributed by atoms with Crippen molar-refractivity contribution in [1.82, 2.24) is 4.90 Å². The van der Waals surface area contributed by atoms with Crippen LogP contribution in [0.5, 0.6) is 0 Å². The SMILES string of the molecule is CC(=O)N(CCC(C)C)CC(=O)Nc1cc(C)ccc1C. The van der Waals surface area contributed by atoms with Crippen LogP contribution in [-0.2, 0) is 9.59 Å². The molecule has 1 rings (SSSR count). The van der Waals surface area contributed by atoms with Crippen molar-refractivity contribution in [3.05, 3.63) is 29.3 Å². The number of anilines is 1. The second-order valence-electron chi connectivity index (χ2n) is 5.99. The van der Waals surface area contributed by atoms with E-state index in [1.54, 1.807) is 4.90 Å². The van der Waals surface area contributed by atoms with Crippen LogP contribution < -0.4 is 5.32 Å². The zero-order valence-electron chi connectivity index (χ0n) is 13.7. The van der Waals surface area contributed by atoms with Crippen LogP contribution in [0.25, 0.3) is 0 Å². The van der Waals surface area contributed by atoms with Crippen molar-refractivity contribution in [1.29, 1.82) is 0 Å². The van der Waals surface area contributed by atoms with Gasteiger partial charge in [-0.3, -0.25) is 9.59 Å². The largest absolute Gasteiger partial charge is 0.334 e. The number of aryl methyl sites for hydroxylation is 2. The third-order valence-electron chi connectivity index (χ3n) is 3.42.